The van der Waals surface area contributed by atoms with Gasteiger partial charge in [0.2, 0.25) is 0 Å². The molecule has 0 bridgehead atoms. The molecule has 112 valence electrons. The molecule has 7 nitrogen and oxygen atoms in total. The van der Waals surface area contributed by atoms with Crippen LogP contribution in [-0.2, 0) is 4.74 Å². The largest absolute Gasteiger partial charge is 0.496 e. The fraction of sp³-hybridized carbons (Fsp3) is 0.429. The zero-order valence-electron chi connectivity index (χ0n) is 12.1. The Hall–Kier alpha value is -2.62. The Morgan fingerprint density at radius 3 is 2.57 bits per heavy atom. The maximum absolute atomic E-state index is 11.8. The number of nitro groups is 1. The van der Waals surface area contributed by atoms with Crippen molar-refractivity contribution in [1.82, 2.24) is 0 Å². The molecule has 0 N–H and O–H groups in total. The minimum Gasteiger partial charge on any atom is -0.496 e. The number of benzene rings is 1. The smallest absolute Gasteiger partial charge is 0.342 e. The highest BCUT2D eigenvalue weighted by Crippen LogP contribution is 2.35. The van der Waals surface area contributed by atoms with Gasteiger partial charge < -0.3 is 9.47 Å². The molecule has 0 aliphatic rings. The summed E-state index contributed by atoms with van der Waals surface area (Å²) in [5.74, 6) is -1.19. The first-order chi connectivity index (χ1) is 9.99. The van der Waals surface area contributed by atoms with E-state index in [9.17, 15) is 14.9 Å². The van der Waals surface area contributed by atoms with E-state index in [4.69, 9.17) is 14.7 Å². The molecule has 1 aromatic carbocycles. The Kier molecular flexibility index (Phi) is 5.67. The van der Waals surface area contributed by atoms with Gasteiger partial charge in [0.05, 0.1) is 36.2 Å². The Morgan fingerprint density at radius 1 is 1.48 bits per heavy atom. The molecule has 0 spiro atoms. The molecule has 0 fully saturated rings. The van der Waals surface area contributed by atoms with Crippen LogP contribution >= 0.6 is 0 Å². The molecule has 1 unspecified atom stereocenters. The Labute approximate surface area is 122 Å². The number of rotatable bonds is 6. The third-order valence-corrected chi connectivity index (χ3v) is 2.98. The fourth-order valence-corrected chi connectivity index (χ4v) is 1.94. The molecule has 0 radical (unpaired) electrons. The van der Waals surface area contributed by atoms with Crippen molar-refractivity contribution in [2.75, 3.05) is 13.7 Å². The predicted molar refractivity (Wildman–Crippen MR) is 74.2 cm³/mol. The number of ether oxygens (including phenoxy) is 2. The average molecular weight is 292 g/mol. The van der Waals surface area contributed by atoms with E-state index in [2.05, 4.69) is 0 Å². The second-order valence-corrected chi connectivity index (χ2v) is 4.18. The van der Waals surface area contributed by atoms with Gasteiger partial charge in [-0.25, -0.2) is 4.79 Å². The van der Waals surface area contributed by atoms with Gasteiger partial charge in [-0.05, 0) is 19.4 Å². The number of hydrogen-bond acceptors (Lipinski definition) is 6. The van der Waals surface area contributed by atoms with Crippen LogP contribution in [0.1, 0.15) is 42.1 Å². The van der Waals surface area contributed by atoms with Gasteiger partial charge in [-0.15, -0.1) is 0 Å². The summed E-state index contributed by atoms with van der Waals surface area (Å²) in [5.41, 5.74) is -0.0789. The number of nitriles is 1. The Morgan fingerprint density at radius 2 is 2.14 bits per heavy atom. The third kappa shape index (κ3) is 3.48. The van der Waals surface area contributed by atoms with Crippen molar-refractivity contribution < 1.29 is 19.2 Å². The molecule has 0 saturated heterocycles. The van der Waals surface area contributed by atoms with Crippen LogP contribution in [0, 0.1) is 21.4 Å². The summed E-state index contributed by atoms with van der Waals surface area (Å²) in [6, 6.07) is 4.48. The van der Waals surface area contributed by atoms with Gasteiger partial charge in [-0.2, -0.15) is 5.26 Å². The molecule has 0 aliphatic carbocycles. The van der Waals surface area contributed by atoms with Gasteiger partial charge in [-0.3, -0.25) is 10.1 Å². The maximum atomic E-state index is 11.8. The van der Waals surface area contributed by atoms with E-state index >= 15 is 0 Å². The second-order valence-electron chi connectivity index (χ2n) is 4.18. The van der Waals surface area contributed by atoms with Crippen LogP contribution in [0.25, 0.3) is 0 Å². The van der Waals surface area contributed by atoms with Crippen LogP contribution < -0.4 is 4.74 Å². The van der Waals surface area contributed by atoms with Gasteiger partial charge in [0.25, 0.3) is 5.69 Å². The van der Waals surface area contributed by atoms with Crippen LogP contribution in [0.15, 0.2) is 12.1 Å². The lowest BCUT2D eigenvalue weighted by molar-refractivity contribution is -0.385. The van der Waals surface area contributed by atoms with Crippen LogP contribution in [0.4, 0.5) is 5.69 Å². The summed E-state index contributed by atoms with van der Waals surface area (Å²) in [6.07, 6.45) is 0.416. The number of nitrogens with zero attached hydrogens (tertiary/aromatic N) is 2. The summed E-state index contributed by atoms with van der Waals surface area (Å²) in [7, 11) is 1.35. The molecule has 0 aromatic heterocycles. The van der Waals surface area contributed by atoms with E-state index in [-0.39, 0.29) is 29.2 Å². The van der Waals surface area contributed by atoms with Crippen molar-refractivity contribution in [3.8, 4) is 11.8 Å². The highest BCUT2D eigenvalue weighted by atomic mass is 16.6. The summed E-state index contributed by atoms with van der Waals surface area (Å²) < 4.78 is 9.95. The second kappa shape index (κ2) is 7.24. The summed E-state index contributed by atoms with van der Waals surface area (Å²) in [4.78, 5) is 22.4. The molecule has 1 aromatic rings. The fourth-order valence-electron chi connectivity index (χ4n) is 1.94. The zero-order valence-corrected chi connectivity index (χ0v) is 12.1. The SMILES string of the molecule is CCOC(=O)c1cc([N+](=O)[O-])c(C(C#N)CC)cc1OC. The Bertz CT molecular complexity index is 592. The normalized spacial score (nSPS) is 11.3. The van der Waals surface area contributed by atoms with Crippen LogP contribution in [0.3, 0.4) is 0 Å². The van der Waals surface area contributed by atoms with E-state index in [0.717, 1.165) is 6.07 Å². The van der Waals surface area contributed by atoms with E-state index in [1.54, 1.807) is 13.8 Å². The van der Waals surface area contributed by atoms with Crippen LogP contribution in [0.2, 0.25) is 0 Å². The number of carbonyl (C=O) groups is 1. The molecular formula is C14H16N2O5. The van der Waals surface area contributed by atoms with E-state index in [1.807, 2.05) is 6.07 Å². The van der Waals surface area contributed by atoms with Crippen molar-refractivity contribution in [2.45, 2.75) is 26.2 Å². The predicted octanol–water partition coefficient (Wildman–Crippen LogP) is 2.80. The first-order valence-electron chi connectivity index (χ1n) is 6.43. The van der Waals surface area contributed by atoms with Crippen molar-refractivity contribution in [3.05, 3.63) is 33.4 Å². The number of nitro benzene ring substituents is 1. The molecule has 0 aliphatic heterocycles. The lowest BCUT2D eigenvalue weighted by Crippen LogP contribution is -2.10. The zero-order chi connectivity index (χ0) is 16.0. The first kappa shape index (κ1) is 16.4. The first-order valence-corrected chi connectivity index (χ1v) is 6.43. The molecule has 0 amide bonds. The summed E-state index contributed by atoms with van der Waals surface area (Å²) in [5, 5.41) is 20.3. The van der Waals surface area contributed by atoms with Crippen molar-refractivity contribution in [2.24, 2.45) is 0 Å². The van der Waals surface area contributed by atoms with Crippen LogP contribution in [-0.4, -0.2) is 24.6 Å². The lowest BCUT2D eigenvalue weighted by atomic mass is 9.94. The van der Waals surface area contributed by atoms with Gasteiger partial charge in [-0.1, -0.05) is 6.92 Å². The number of esters is 1. The average Bonchev–Trinajstić information content (AvgIpc) is 2.47. The van der Waals surface area contributed by atoms with Gasteiger partial charge in [0, 0.05) is 6.07 Å². The highest BCUT2D eigenvalue weighted by molar-refractivity contribution is 5.93. The van der Waals surface area contributed by atoms with Gasteiger partial charge >= 0.3 is 5.97 Å². The Balaban J connectivity index is 3.52. The minimum atomic E-state index is -0.700. The molecule has 0 heterocycles. The molecule has 1 atom stereocenters. The minimum absolute atomic E-state index is 0.0254. The third-order valence-electron chi connectivity index (χ3n) is 2.98. The molecule has 1 rings (SSSR count). The van der Waals surface area contributed by atoms with Crippen molar-refractivity contribution in [3.63, 3.8) is 0 Å². The van der Waals surface area contributed by atoms with E-state index in [0.29, 0.717) is 6.42 Å². The number of hydrogen-bond donors (Lipinski definition) is 0. The topological polar surface area (TPSA) is 102 Å². The standard InChI is InChI=1S/C14H16N2O5/c1-4-9(8-15)10-7-13(20-3)11(14(17)21-5-2)6-12(10)16(18)19/h6-7,9H,4-5H2,1-3H3. The quantitative estimate of drug-likeness (QED) is 0.453. The van der Waals surface area contributed by atoms with Gasteiger partial charge in [0.1, 0.15) is 11.3 Å². The van der Waals surface area contributed by atoms with Crippen LogP contribution in [0.5, 0.6) is 5.75 Å². The molecule has 21 heavy (non-hydrogen) atoms. The highest BCUT2D eigenvalue weighted by Gasteiger charge is 2.27. The number of carbonyl (C=O) groups excluding carboxylic acids is 1. The van der Waals surface area contributed by atoms with Gasteiger partial charge in [0.15, 0.2) is 0 Å². The summed E-state index contributed by atoms with van der Waals surface area (Å²) >= 11 is 0. The molecular weight excluding hydrogens is 276 g/mol. The van der Waals surface area contributed by atoms with Crippen molar-refractivity contribution in [1.29, 1.82) is 5.26 Å². The molecule has 7 heteroatoms. The molecule has 0 saturated carbocycles. The van der Waals surface area contributed by atoms with E-state index in [1.165, 1.54) is 13.2 Å². The monoisotopic (exact) mass is 292 g/mol. The number of methoxy groups -OCH3 is 1. The van der Waals surface area contributed by atoms with Crippen molar-refractivity contribution >= 4 is 11.7 Å². The summed E-state index contributed by atoms with van der Waals surface area (Å²) in [6.45, 7) is 3.53. The van der Waals surface area contributed by atoms with E-state index < -0.39 is 16.8 Å². The maximum Gasteiger partial charge on any atom is 0.342 e. The lowest BCUT2D eigenvalue weighted by Gasteiger charge is -2.13.